The van der Waals surface area contributed by atoms with Crippen molar-refractivity contribution in [1.82, 2.24) is 0 Å². The molecule has 2 nitrogen and oxygen atoms in total. The fourth-order valence-corrected chi connectivity index (χ4v) is 13.9. The second-order valence-corrected chi connectivity index (χ2v) is 19.6. The van der Waals surface area contributed by atoms with Gasteiger partial charge in [-0.1, -0.05) is 143 Å². The first kappa shape index (κ1) is 33.1. The number of hydrogen-bond acceptors (Lipinski definition) is 2. The molecule has 6 aliphatic rings. The minimum Gasteiger partial charge on any atom is -0.454 e. The summed E-state index contributed by atoms with van der Waals surface area (Å²) < 4.78 is 7.63. The van der Waals surface area contributed by atoms with E-state index in [0.29, 0.717) is 17.3 Å². The van der Waals surface area contributed by atoms with Crippen LogP contribution in [0, 0.1) is 29.1 Å². The van der Waals surface area contributed by atoms with Gasteiger partial charge in [0.1, 0.15) is 5.75 Å². The molecule has 4 fully saturated rings. The molecule has 0 saturated heterocycles. The van der Waals surface area contributed by atoms with Crippen molar-refractivity contribution in [1.29, 1.82) is 0 Å². The van der Waals surface area contributed by atoms with Crippen molar-refractivity contribution < 1.29 is 4.74 Å². The lowest BCUT2D eigenvalue weighted by Crippen LogP contribution is -2.74. The van der Waals surface area contributed by atoms with Gasteiger partial charge in [-0.2, -0.15) is 0 Å². The monoisotopic (exact) mass is 729 g/mol. The molecule has 0 radical (unpaired) electrons. The molecule has 2 heteroatoms. The lowest BCUT2D eigenvalue weighted by molar-refractivity contribution is -0.235. The van der Waals surface area contributed by atoms with Crippen molar-refractivity contribution in [2.45, 2.75) is 82.5 Å². The minimum absolute atomic E-state index is 0.0120. The molecule has 4 saturated carbocycles. The van der Waals surface area contributed by atoms with Gasteiger partial charge in [0.25, 0.3) is 0 Å². The summed E-state index contributed by atoms with van der Waals surface area (Å²) in [4.78, 5) is 2.58. The van der Waals surface area contributed by atoms with E-state index in [1.807, 2.05) is 0 Å². The molecule has 0 N–H and O–H groups in total. The van der Waals surface area contributed by atoms with Crippen LogP contribution in [0.4, 0.5) is 17.1 Å². The molecule has 1 aliphatic heterocycles. The van der Waals surface area contributed by atoms with Gasteiger partial charge in [-0.15, -0.1) is 0 Å². The van der Waals surface area contributed by atoms with E-state index in [2.05, 4.69) is 172 Å². The lowest BCUT2D eigenvalue weighted by atomic mass is 9.26. The predicted octanol–water partition coefficient (Wildman–Crippen LogP) is 14.3. The normalized spacial score (nSPS) is 28.9. The zero-order valence-corrected chi connectivity index (χ0v) is 33.2. The molecule has 2 bridgehead atoms. The Hall–Kier alpha value is -5.08. The number of ether oxygens (including phenoxy) is 1. The predicted molar refractivity (Wildman–Crippen MR) is 229 cm³/mol. The number of nitrogens with zero attached hydrogens (tertiary/aromatic N) is 1. The van der Waals surface area contributed by atoms with Crippen LogP contribution in [0.2, 0.25) is 0 Å². The number of benzene rings is 6. The average molecular weight is 730 g/mol. The zero-order chi connectivity index (χ0) is 37.6. The Labute approximate surface area is 332 Å². The summed E-state index contributed by atoms with van der Waals surface area (Å²) in [6.45, 7) is 9.81. The summed E-state index contributed by atoms with van der Waals surface area (Å²) in [5, 5.41) is 0. The smallest absolute Gasteiger partial charge is 0.155 e. The number of anilines is 3. The van der Waals surface area contributed by atoms with Crippen molar-refractivity contribution >= 4 is 17.1 Å². The molecule has 6 unspecified atom stereocenters. The average Bonchev–Trinajstić information content (AvgIpc) is 3.76. The van der Waals surface area contributed by atoms with Gasteiger partial charge in [0.15, 0.2) is 5.75 Å². The summed E-state index contributed by atoms with van der Waals surface area (Å²) in [6, 6.07) is 52.4. The molecular formula is C54H51NO. The van der Waals surface area contributed by atoms with E-state index >= 15 is 0 Å². The van der Waals surface area contributed by atoms with Gasteiger partial charge in [0.2, 0.25) is 0 Å². The fourth-order valence-electron chi connectivity index (χ4n) is 13.9. The van der Waals surface area contributed by atoms with Gasteiger partial charge in [0.05, 0.1) is 11.4 Å². The van der Waals surface area contributed by atoms with Crippen molar-refractivity contribution in [3.8, 4) is 33.8 Å². The Morgan fingerprint density at radius 1 is 0.518 bits per heavy atom. The first-order valence-corrected chi connectivity index (χ1v) is 21.3. The zero-order valence-electron chi connectivity index (χ0n) is 33.2. The van der Waals surface area contributed by atoms with Crippen LogP contribution in [0.3, 0.4) is 0 Å². The summed E-state index contributed by atoms with van der Waals surface area (Å²) in [7, 11) is 0. The molecule has 12 rings (SSSR count). The molecule has 2 spiro atoms. The summed E-state index contributed by atoms with van der Waals surface area (Å²) in [6.07, 6.45) is 7.94. The van der Waals surface area contributed by atoms with Gasteiger partial charge < -0.3 is 9.64 Å². The highest BCUT2D eigenvalue weighted by atomic mass is 16.5. The quantitative estimate of drug-likeness (QED) is 0.175. The van der Waals surface area contributed by atoms with E-state index in [1.54, 1.807) is 0 Å². The van der Waals surface area contributed by atoms with E-state index < -0.39 is 0 Å². The van der Waals surface area contributed by atoms with Gasteiger partial charge in [-0.3, -0.25) is 0 Å². The van der Waals surface area contributed by atoms with Crippen molar-refractivity contribution in [3.63, 3.8) is 0 Å². The van der Waals surface area contributed by atoms with Gasteiger partial charge in [0, 0.05) is 27.8 Å². The first-order valence-electron chi connectivity index (χ1n) is 21.3. The van der Waals surface area contributed by atoms with Gasteiger partial charge in [-0.05, 0) is 131 Å². The molecule has 56 heavy (non-hydrogen) atoms. The van der Waals surface area contributed by atoms with Crippen LogP contribution in [-0.2, 0) is 16.2 Å². The molecule has 0 amide bonds. The van der Waals surface area contributed by atoms with Crippen molar-refractivity contribution in [2.24, 2.45) is 29.1 Å². The molecule has 0 aromatic heterocycles. The minimum atomic E-state index is -0.0321. The van der Waals surface area contributed by atoms with Crippen LogP contribution in [0.5, 0.6) is 11.5 Å². The van der Waals surface area contributed by atoms with E-state index in [1.165, 1.54) is 88.0 Å². The Balaban J connectivity index is 1.12. The third kappa shape index (κ3) is 4.13. The number of hydrogen-bond donors (Lipinski definition) is 0. The standard InChI is InChI=1S/C54H51NO/c1-51(2)28-29-52(3,4)48-41(51)19-12-22-44(48)55(39-26-24-36(25-27-39)35-14-7-5-8-15-35)45-23-13-21-43-50(45)56-49-40(37-16-9-6-10-17-37)18-11-20-42(49)54(43)46-31-34-30-38-32-47(54)53(38,46)33-34/h5-27,34,38,46-47H,28-33H2,1-4H3. The molecular weight excluding hydrogens is 679 g/mol. The largest absolute Gasteiger partial charge is 0.454 e. The number of rotatable bonds is 5. The van der Waals surface area contributed by atoms with E-state index in [4.69, 9.17) is 4.74 Å². The van der Waals surface area contributed by atoms with Crippen LogP contribution in [-0.4, -0.2) is 0 Å². The lowest BCUT2D eigenvalue weighted by Gasteiger charge is -2.77. The van der Waals surface area contributed by atoms with Crippen LogP contribution in [0.15, 0.2) is 140 Å². The molecule has 6 aromatic carbocycles. The third-order valence-electron chi connectivity index (χ3n) is 16.2. The topological polar surface area (TPSA) is 12.5 Å². The highest BCUT2D eigenvalue weighted by molar-refractivity contribution is 5.88. The Kier molecular flexibility index (Phi) is 6.67. The molecule has 6 aromatic rings. The Morgan fingerprint density at radius 3 is 1.86 bits per heavy atom. The van der Waals surface area contributed by atoms with Crippen LogP contribution < -0.4 is 9.64 Å². The first-order chi connectivity index (χ1) is 27.2. The maximum atomic E-state index is 7.63. The van der Waals surface area contributed by atoms with Crippen LogP contribution >= 0.6 is 0 Å². The Bertz CT molecular complexity index is 2550. The van der Waals surface area contributed by atoms with Crippen molar-refractivity contribution in [2.75, 3.05) is 4.90 Å². The fraction of sp³-hybridized carbons (Fsp3) is 0.333. The second kappa shape index (κ2) is 11.3. The van der Waals surface area contributed by atoms with Crippen LogP contribution in [0.1, 0.15) is 88.5 Å². The second-order valence-electron chi connectivity index (χ2n) is 19.6. The Morgan fingerprint density at radius 2 is 1.12 bits per heavy atom. The molecule has 1 heterocycles. The van der Waals surface area contributed by atoms with E-state index in [-0.39, 0.29) is 16.2 Å². The van der Waals surface area contributed by atoms with Crippen LogP contribution in [0.25, 0.3) is 22.3 Å². The summed E-state index contributed by atoms with van der Waals surface area (Å²) in [5.74, 6) is 5.27. The SMILES string of the molecule is CC1(C)CCC(C)(C)c2c(N(c3ccc(-c4ccccc4)cc3)c3cccc4c3Oc3c(-c5ccccc5)cccc3C43C4CC5CC6CC3C64C5)cccc21. The highest BCUT2D eigenvalue weighted by Crippen LogP contribution is 2.89. The summed E-state index contributed by atoms with van der Waals surface area (Å²) >= 11 is 0. The van der Waals surface area contributed by atoms with E-state index in [9.17, 15) is 0 Å². The van der Waals surface area contributed by atoms with Crippen molar-refractivity contribution in [3.05, 3.63) is 162 Å². The summed E-state index contributed by atoms with van der Waals surface area (Å²) in [5.41, 5.74) is 14.9. The van der Waals surface area contributed by atoms with Gasteiger partial charge >= 0.3 is 0 Å². The molecule has 278 valence electrons. The van der Waals surface area contributed by atoms with Gasteiger partial charge in [-0.25, -0.2) is 0 Å². The molecule has 5 aliphatic carbocycles. The third-order valence-corrected chi connectivity index (χ3v) is 16.2. The van der Waals surface area contributed by atoms with E-state index in [0.717, 1.165) is 35.4 Å². The number of para-hydroxylation sites is 2. The number of fused-ring (bicyclic) bond motifs is 8. The molecule has 6 atom stereocenters. The maximum absolute atomic E-state index is 7.63. The maximum Gasteiger partial charge on any atom is 0.155 e. The highest BCUT2D eigenvalue weighted by Gasteiger charge is 2.84.